The summed E-state index contributed by atoms with van der Waals surface area (Å²) >= 11 is 0. The molecule has 0 aliphatic carbocycles. The van der Waals surface area contributed by atoms with Crippen molar-refractivity contribution in [2.24, 2.45) is 0 Å². The first kappa shape index (κ1) is 15.5. The Labute approximate surface area is 124 Å². The first-order valence-corrected chi connectivity index (χ1v) is 7.15. The van der Waals surface area contributed by atoms with Crippen LogP contribution in [-0.4, -0.2) is 35.2 Å². The number of hydrogen-bond acceptors (Lipinski definition) is 4. The fourth-order valence-electron chi connectivity index (χ4n) is 2.58. The molecular weight excluding hydrogens is 270 g/mol. The molecule has 5 nitrogen and oxygen atoms in total. The Morgan fingerprint density at radius 3 is 2.67 bits per heavy atom. The minimum absolute atomic E-state index is 0.0315. The molecule has 1 aliphatic rings. The summed E-state index contributed by atoms with van der Waals surface area (Å²) in [4.78, 5) is 25.7. The fourth-order valence-corrected chi connectivity index (χ4v) is 2.58. The van der Waals surface area contributed by atoms with Crippen molar-refractivity contribution in [2.45, 2.75) is 45.6 Å². The predicted molar refractivity (Wildman–Crippen MR) is 77.2 cm³/mol. The van der Waals surface area contributed by atoms with Crippen LogP contribution in [0, 0.1) is 0 Å². The molecule has 1 heterocycles. The highest BCUT2D eigenvalue weighted by atomic mass is 16.6. The highest BCUT2D eigenvalue weighted by molar-refractivity contribution is 5.84. The highest BCUT2D eigenvalue weighted by Crippen LogP contribution is 2.33. The van der Waals surface area contributed by atoms with Crippen molar-refractivity contribution >= 4 is 11.9 Å². The van der Waals surface area contributed by atoms with Gasteiger partial charge in [-0.25, -0.2) is 0 Å². The van der Waals surface area contributed by atoms with Crippen LogP contribution in [-0.2, 0) is 25.6 Å². The molecule has 0 spiro atoms. The predicted octanol–water partition coefficient (Wildman–Crippen LogP) is 2.10. The number of amides is 1. The molecule has 2 rings (SSSR count). The molecule has 1 amide bonds. The standard InChI is InChI=1S/C16H21NO4/c1-4-20-14(18)10-16(3)17(15(19)12(2)21-16)11-13-8-6-5-7-9-13/h5-9,12H,4,10-11H2,1-3H3/t12-,16+/m1/s1. The third-order valence-corrected chi connectivity index (χ3v) is 3.58. The first-order valence-electron chi connectivity index (χ1n) is 7.15. The molecule has 0 unspecified atom stereocenters. The summed E-state index contributed by atoms with van der Waals surface area (Å²) in [5.41, 5.74) is 0.0390. The molecule has 0 saturated carbocycles. The lowest BCUT2D eigenvalue weighted by atomic mass is 10.1. The Balaban J connectivity index is 2.18. The summed E-state index contributed by atoms with van der Waals surface area (Å²) in [5, 5.41) is 0. The Bertz CT molecular complexity index is 516. The van der Waals surface area contributed by atoms with E-state index in [0.717, 1.165) is 5.56 Å². The van der Waals surface area contributed by atoms with Crippen LogP contribution < -0.4 is 0 Å². The van der Waals surface area contributed by atoms with Crippen LogP contribution in [0.1, 0.15) is 32.8 Å². The fraction of sp³-hybridized carbons (Fsp3) is 0.500. The van der Waals surface area contributed by atoms with Crippen LogP contribution in [0.3, 0.4) is 0 Å². The van der Waals surface area contributed by atoms with Crippen LogP contribution in [0.4, 0.5) is 0 Å². The molecule has 2 atom stereocenters. The summed E-state index contributed by atoms with van der Waals surface area (Å²) in [6.07, 6.45) is -0.517. The highest BCUT2D eigenvalue weighted by Gasteiger charge is 2.48. The van der Waals surface area contributed by atoms with E-state index in [1.165, 1.54) is 0 Å². The first-order chi connectivity index (χ1) is 9.96. The summed E-state index contributed by atoms with van der Waals surface area (Å²) in [6, 6.07) is 9.65. The van der Waals surface area contributed by atoms with E-state index in [2.05, 4.69) is 0 Å². The summed E-state index contributed by atoms with van der Waals surface area (Å²) in [6.45, 7) is 5.95. The summed E-state index contributed by atoms with van der Waals surface area (Å²) < 4.78 is 10.7. The normalized spacial score (nSPS) is 25.2. The molecule has 1 fully saturated rings. The molecule has 0 bridgehead atoms. The molecule has 1 aromatic rings. The van der Waals surface area contributed by atoms with Gasteiger partial charge in [0.25, 0.3) is 5.91 Å². The lowest BCUT2D eigenvalue weighted by molar-refractivity contribution is -0.158. The maximum atomic E-state index is 12.3. The van der Waals surface area contributed by atoms with Crippen molar-refractivity contribution in [3.63, 3.8) is 0 Å². The second kappa shape index (κ2) is 6.26. The van der Waals surface area contributed by atoms with E-state index in [1.807, 2.05) is 30.3 Å². The van der Waals surface area contributed by atoms with Crippen LogP contribution >= 0.6 is 0 Å². The molecule has 0 aromatic heterocycles. The third kappa shape index (κ3) is 3.42. The average molecular weight is 291 g/mol. The number of carbonyl (C=O) groups is 2. The Morgan fingerprint density at radius 2 is 2.05 bits per heavy atom. The van der Waals surface area contributed by atoms with E-state index in [-0.39, 0.29) is 18.3 Å². The van der Waals surface area contributed by atoms with E-state index in [4.69, 9.17) is 9.47 Å². The second-order valence-corrected chi connectivity index (χ2v) is 5.33. The number of rotatable bonds is 5. The van der Waals surface area contributed by atoms with Crippen molar-refractivity contribution in [1.82, 2.24) is 4.90 Å². The second-order valence-electron chi connectivity index (χ2n) is 5.33. The van der Waals surface area contributed by atoms with E-state index in [1.54, 1.807) is 25.7 Å². The number of ether oxygens (including phenoxy) is 2. The maximum absolute atomic E-state index is 12.3. The molecular formula is C16H21NO4. The Hall–Kier alpha value is -1.88. The molecule has 1 saturated heterocycles. The molecule has 114 valence electrons. The van der Waals surface area contributed by atoms with Crippen LogP contribution in [0.25, 0.3) is 0 Å². The number of benzene rings is 1. The van der Waals surface area contributed by atoms with Gasteiger partial charge >= 0.3 is 5.97 Å². The number of nitrogens with zero attached hydrogens (tertiary/aromatic N) is 1. The lowest BCUT2D eigenvalue weighted by Crippen LogP contribution is -2.45. The van der Waals surface area contributed by atoms with E-state index in [9.17, 15) is 9.59 Å². The molecule has 1 aromatic carbocycles. The van der Waals surface area contributed by atoms with E-state index >= 15 is 0 Å². The number of carbonyl (C=O) groups excluding carboxylic acids is 2. The molecule has 21 heavy (non-hydrogen) atoms. The molecule has 1 aliphatic heterocycles. The number of esters is 1. The smallest absolute Gasteiger partial charge is 0.310 e. The van der Waals surface area contributed by atoms with Gasteiger partial charge in [0, 0.05) is 6.54 Å². The SMILES string of the molecule is CCOC(=O)C[C@]1(C)O[C@H](C)C(=O)N1Cc1ccccc1. The molecule has 0 N–H and O–H groups in total. The summed E-state index contributed by atoms with van der Waals surface area (Å²) in [7, 11) is 0. The van der Waals surface area contributed by atoms with Crippen molar-refractivity contribution in [2.75, 3.05) is 6.61 Å². The molecule has 0 radical (unpaired) electrons. The van der Waals surface area contributed by atoms with Gasteiger partial charge in [-0.1, -0.05) is 30.3 Å². The quantitative estimate of drug-likeness (QED) is 0.780. The minimum Gasteiger partial charge on any atom is -0.466 e. The Morgan fingerprint density at radius 1 is 1.38 bits per heavy atom. The van der Waals surface area contributed by atoms with Gasteiger partial charge in [0.1, 0.15) is 6.10 Å². The van der Waals surface area contributed by atoms with Gasteiger partial charge in [-0.2, -0.15) is 0 Å². The van der Waals surface area contributed by atoms with Gasteiger partial charge < -0.3 is 14.4 Å². The lowest BCUT2D eigenvalue weighted by Gasteiger charge is -2.32. The zero-order valence-electron chi connectivity index (χ0n) is 12.7. The van der Waals surface area contributed by atoms with Gasteiger partial charge in [0.2, 0.25) is 0 Å². The van der Waals surface area contributed by atoms with Crippen molar-refractivity contribution in [3.8, 4) is 0 Å². The maximum Gasteiger partial charge on any atom is 0.310 e. The van der Waals surface area contributed by atoms with Crippen LogP contribution in [0.5, 0.6) is 0 Å². The minimum atomic E-state index is -0.960. The zero-order valence-corrected chi connectivity index (χ0v) is 12.7. The largest absolute Gasteiger partial charge is 0.466 e. The van der Waals surface area contributed by atoms with Gasteiger partial charge in [-0.3, -0.25) is 9.59 Å². The number of hydrogen-bond donors (Lipinski definition) is 0. The Kier molecular flexibility index (Phi) is 4.63. The third-order valence-electron chi connectivity index (χ3n) is 3.58. The van der Waals surface area contributed by atoms with Gasteiger partial charge in [-0.15, -0.1) is 0 Å². The molecule has 5 heteroatoms. The average Bonchev–Trinajstić information content (AvgIpc) is 2.63. The summed E-state index contributed by atoms with van der Waals surface area (Å²) in [5.74, 6) is -0.467. The van der Waals surface area contributed by atoms with Crippen molar-refractivity contribution in [1.29, 1.82) is 0 Å². The monoisotopic (exact) mass is 291 g/mol. The van der Waals surface area contributed by atoms with E-state index < -0.39 is 11.8 Å². The van der Waals surface area contributed by atoms with Crippen LogP contribution in [0.15, 0.2) is 30.3 Å². The topological polar surface area (TPSA) is 55.8 Å². The van der Waals surface area contributed by atoms with Crippen LogP contribution in [0.2, 0.25) is 0 Å². The van der Waals surface area contributed by atoms with Crippen molar-refractivity contribution < 1.29 is 19.1 Å². The van der Waals surface area contributed by atoms with Crippen molar-refractivity contribution in [3.05, 3.63) is 35.9 Å². The van der Waals surface area contributed by atoms with Gasteiger partial charge in [0.15, 0.2) is 5.72 Å². The zero-order chi connectivity index (χ0) is 15.5. The van der Waals surface area contributed by atoms with E-state index in [0.29, 0.717) is 13.2 Å². The van der Waals surface area contributed by atoms with Gasteiger partial charge in [-0.05, 0) is 26.3 Å². The van der Waals surface area contributed by atoms with Gasteiger partial charge in [0.05, 0.1) is 13.0 Å².